The van der Waals surface area contributed by atoms with E-state index in [1.807, 2.05) is 0 Å². The van der Waals surface area contributed by atoms with Gasteiger partial charge in [-0.2, -0.15) is 0 Å². The third kappa shape index (κ3) is 3.11. The molecule has 1 N–H and O–H groups in total. The monoisotopic (exact) mass is 313 g/mol. The first kappa shape index (κ1) is 14.9. The summed E-state index contributed by atoms with van der Waals surface area (Å²) in [6.45, 7) is 3.92. The molecule has 6 heteroatoms. The number of hydrogen-bond acceptors (Lipinski definition) is 5. The van der Waals surface area contributed by atoms with Gasteiger partial charge in [-0.05, 0) is 11.6 Å². The van der Waals surface area contributed by atoms with E-state index in [-0.39, 0.29) is 11.5 Å². The predicted molar refractivity (Wildman–Crippen MR) is 78.8 cm³/mol. The SMILES string of the molecule is COc1cc(CN2CCC3(CC2)OCCO3)c(Cl)cc1O. The van der Waals surface area contributed by atoms with Gasteiger partial charge in [-0.1, -0.05) is 11.6 Å². The number of methoxy groups -OCH3 is 1. The molecule has 2 heterocycles. The summed E-state index contributed by atoms with van der Waals surface area (Å²) in [7, 11) is 1.53. The van der Waals surface area contributed by atoms with Crippen LogP contribution in [-0.4, -0.2) is 49.2 Å². The van der Waals surface area contributed by atoms with Gasteiger partial charge in [0, 0.05) is 43.6 Å². The van der Waals surface area contributed by atoms with Crippen LogP contribution >= 0.6 is 11.6 Å². The van der Waals surface area contributed by atoms with Crippen LogP contribution in [0.15, 0.2) is 12.1 Å². The molecule has 21 heavy (non-hydrogen) atoms. The zero-order valence-electron chi connectivity index (χ0n) is 12.1. The van der Waals surface area contributed by atoms with Crippen molar-refractivity contribution in [3.8, 4) is 11.5 Å². The summed E-state index contributed by atoms with van der Waals surface area (Å²) in [6, 6.07) is 3.33. The number of aromatic hydroxyl groups is 1. The number of hydrogen-bond donors (Lipinski definition) is 1. The van der Waals surface area contributed by atoms with Crippen molar-refractivity contribution in [3.05, 3.63) is 22.7 Å². The highest BCUT2D eigenvalue weighted by molar-refractivity contribution is 6.31. The van der Waals surface area contributed by atoms with Crippen LogP contribution in [-0.2, 0) is 16.0 Å². The predicted octanol–water partition coefficient (Wildman–Crippen LogP) is 2.39. The topological polar surface area (TPSA) is 51.2 Å². The van der Waals surface area contributed by atoms with Crippen molar-refractivity contribution in [2.45, 2.75) is 25.2 Å². The van der Waals surface area contributed by atoms with Gasteiger partial charge in [0.25, 0.3) is 0 Å². The summed E-state index contributed by atoms with van der Waals surface area (Å²) >= 11 is 6.21. The second-order valence-corrected chi connectivity index (χ2v) is 5.91. The van der Waals surface area contributed by atoms with Crippen molar-refractivity contribution in [2.24, 2.45) is 0 Å². The second kappa shape index (κ2) is 6.01. The van der Waals surface area contributed by atoms with E-state index in [0.717, 1.165) is 38.0 Å². The highest BCUT2D eigenvalue weighted by Gasteiger charge is 2.39. The molecule has 116 valence electrons. The number of nitrogens with zero attached hydrogens (tertiary/aromatic N) is 1. The molecule has 0 bridgehead atoms. The van der Waals surface area contributed by atoms with E-state index < -0.39 is 0 Å². The van der Waals surface area contributed by atoms with Gasteiger partial charge in [-0.25, -0.2) is 0 Å². The lowest BCUT2D eigenvalue weighted by Crippen LogP contribution is -2.44. The molecule has 2 saturated heterocycles. The molecule has 1 aromatic rings. The van der Waals surface area contributed by atoms with Crippen LogP contribution in [0.5, 0.6) is 11.5 Å². The van der Waals surface area contributed by atoms with Crippen LogP contribution in [0.25, 0.3) is 0 Å². The van der Waals surface area contributed by atoms with Crippen molar-refractivity contribution in [1.82, 2.24) is 4.90 Å². The lowest BCUT2D eigenvalue weighted by atomic mass is 10.0. The summed E-state index contributed by atoms with van der Waals surface area (Å²) < 4.78 is 16.6. The van der Waals surface area contributed by atoms with Crippen LogP contribution in [0.4, 0.5) is 0 Å². The Bertz CT molecular complexity index is 507. The Balaban J connectivity index is 1.65. The smallest absolute Gasteiger partial charge is 0.170 e. The first-order chi connectivity index (χ1) is 10.1. The molecule has 0 unspecified atom stereocenters. The fourth-order valence-electron chi connectivity index (χ4n) is 2.95. The molecular weight excluding hydrogens is 294 g/mol. The minimum absolute atomic E-state index is 0.0663. The summed E-state index contributed by atoms with van der Waals surface area (Å²) in [5.41, 5.74) is 0.954. The average Bonchev–Trinajstić information content (AvgIpc) is 2.93. The molecule has 0 aliphatic carbocycles. The zero-order valence-corrected chi connectivity index (χ0v) is 12.9. The summed E-state index contributed by atoms with van der Waals surface area (Å²) in [6.07, 6.45) is 1.75. The standard InChI is InChI=1S/C15H20ClNO4/c1-19-14-8-11(12(16)9-13(14)18)10-17-4-2-15(3-5-17)20-6-7-21-15/h8-9,18H,2-7,10H2,1H3. The minimum Gasteiger partial charge on any atom is -0.504 e. The lowest BCUT2D eigenvalue weighted by molar-refractivity contribution is -0.185. The number of likely N-dealkylation sites (tertiary alicyclic amines) is 1. The Morgan fingerprint density at radius 3 is 2.57 bits per heavy atom. The Morgan fingerprint density at radius 1 is 1.29 bits per heavy atom. The van der Waals surface area contributed by atoms with E-state index in [1.165, 1.54) is 13.2 Å². The molecule has 2 aliphatic rings. The van der Waals surface area contributed by atoms with E-state index in [0.29, 0.717) is 24.0 Å². The fraction of sp³-hybridized carbons (Fsp3) is 0.600. The van der Waals surface area contributed by atoms with Crippen molar-refractivity contribution in [3.63, 3.8) is 0 Å². The molecule has 0 atom stereocenters. The first-order valence-corrected chi connectivity index (χ1v) is 7.55. The van der Waals surface area contributed by atoms with Crippen molar-refractivity contribution in [1.29, 1.82) is 0 Å². The van der Waals surface area contributed by atoms with E-state index in [1.54, 1.807) is 6.07 Å². The zero-order chi connectivity index (χ0) is 14.9. The van der Waals surface area contributed by atoms with Gasteiger partial charge >= 0.3 is 0 Å². The van der Waals surface area contributed by atoms with E-state index in [4.69, 9.17) is 25.8 Å². The van der Waals surface area contributed by atoms with Gasteiger partial charge in [0.1, 0.15) is 0 Å². The molecule has 0 aromatic heterocycles. The van der Waals surface area contributed by atoms with Gasteiger partial charge < -0.3 is 19.3 Å². The summed E-state index contributed by atoms with van der Waals surface area (Å²) in [5.74, 6) is 0.161. The van der Waals surface area contributed by atoms with E-state index in [9.17, 15) is 5.11 Å². The normalized spacial score (nSPS) is 21.8. The van der Waals surface area contributed by atoms with Crippen LogP contribution in [0.3, 0.4) is 0 Å². The molecule has 1 aromatic carbocycles. The van der Waals surface area contributed by atoms with Crippen molar-refractivity contribution in [2.75, 3.05) is 33.4 Å². The largest absolute Gasteiger partial charge is 0.504 e. The number of ether oxygens (including phenoxy) is 3. The second-order valence-electron chi connectivity index (χ2n) is 5.50. The molecule has 0 saturated carbocycles. The highest BCUT2D eigenvalue weighted by atomic mass is 35.5. The number of phenols is 1. The third-order valence-corrected chi connectivity index (χ3v) is 4.53. The van der Waals surface area contributed by atoms with Crippen LogP contribution in [0.1, 0.15) is 18.4 Å². The van der Waals surface area contributed by atoms with Crippen LogP contribution < -0.4 is 4.74 Å². The molecule has 2 fully saturated rings. The molecule has 3 rings (SSSR count). The van der Waals surface area contributed by atoms with Gasteiger partial charge in [-0.3, -0.25) is 4.90 Å². The molecule has 0 radical (unpaired) electrons. The maximum absolute atomic E-state index is 9.70. The van der Waals surface area contributed by atoms with Crippen LogP contribution in [0.2, 0.25) is 5.02 Å². The summed E-state index contributed by atoms with van der Waals surface area (Å²) in [5, 5.41) is 10.3. The van der Waals surface area contributed by atoms with Gasteiger partial charge in [0.15, 0.2) is 17.3 Å². The molecule has 0 amide bonds. The van der Waals surface area contributed by atoms with E-state index >= 15 is 0 Å². The first-order valence-electron chi connectivity index (χ1n) is 7.17. The quantitative estimate of drug-likeness (QED) is 0.928. The number of piperidine rings is 1. The Kier molecular flexibility index (Phi) is 4.26. The molecule has 1 spiro atoms. The van der Waals surface area contributed by atoms with Crippen molar-refractivity contribution >= 4 is 11.6 Å². The Morgan fingerprint density at radius 2 is 1.95 bits per heavy atom. The highest BCUT2D eigenvalue weighted by Crippen LogP contribution is 2.35. The Hall–Kier alpha value is -1.01. The maximum atomic E-state index is 9.70. The number of phenolic OH excluding ortho intramolecular Hbond substituents is 1. The van der Waals surface area contributed by atoms with Gasteiger partial charge in [0.05, 0.1) is 20.3 Å². The number of halogens is 1. The lowest BCUT2D eigenvalue weighted by Gasteiger charge is -2.37. The van der Waals surface area contributed by atoms with E-state index in [2.05, 4.69) is 4.90 Å². The Labute approximate surface area is 129 Å². The number of benzene rings is 1. The van der Waals surface area contributed by atoms with Crippen LogP contribution in [0, 0.1) is 0 Å². The summed E-state index contributed by atoms with van der Waals surface area (Å²) in [4.78, 5) is 2.31. The molecular formula is C15H20ClNO4. The maximum Gasteiger partial charge on any atom is 0.170 e. The van der Waals surface area contributed by atoms with Gasteiger partial charge in [-0.15, -0.1) is 0 Å². The average molecular weight is 314 g/mol. The minimum atomic E-state index is -0.354. The number of rotatable bonds is 3. The molecule has 2 aliphatic heterocycles. The third-order valence-electron chi connectivity index (χ3n) is 4.17. The van der Waals surface area contributed by atoms with Crippen molar-refractivity contribution < 1.29 is 19.3 Å². The molecule has 5 nitrogen and oxygen atoms in total. The fourth-order valence-corrected chi connectivity index (χ4v) is 3.17. The van der Waals surface area contributed by atoms with Gasteiger partial charge in [0.2, 0.25) is 0 Å².